The number of aromatic amines is 1. The van der Waals surface area contributed by atoms with Gasteiger partial charge in [-0.1, -0.05) is 0 Å². The molecule has 1 N–H and O–H groups in total. The van der Waals surface area contributed by atoms with E-state index in [0.29, 0.717) is 30.9 Å². The zero-order valence-electron chi connectivity index (χ0n) is 12.4. The first-order valence-corrected chi connectivity index (χ1v) is 8.77. The van der Waals surface area contributed by atoms with Crippen LogP contribution in [0.2, 0.25) is 0 Å². The van der Waals surface area contributed by atoms with E-state index < -0.39 is 9.84 Å². The van der Waals surface area contributed by atoms with E-state index in [2.05, 4.69) is 15.3 Å². The van der Waals surface area contributed by atoms with Gasteiger partial charge in [0.05, 0.1) is 11.9 Å². The fourth-order valence-corrected chi connectivity index (χ4v) is 3.60. The van der Waals surface area contributed by atoms with Gasteiger partial charge in [-0.05, 0) is 12.5 Å². The second kappa shape index (κ2) is 5.24. The Balaban J connectivity index is 1.78. The van der Waals surface area contributed by atoms with Crippen molar-refractivity contribution in [2.24, 2.45) is 7.05 Å². The monoisotopic (exact) mass is 323 g/mol. The van der Waals surface area contributed by atoms with Crippen molar-refractivity contribution in [3.63, 3.8) is 0 Å². The molecule has 3 heterocycles. The van der Waals surface area contributed by atoms with Crippen LogP contribution in [0.4, 0.5) is 0 Å². The maximum atomic E-state index is 12.4. The second-order valence-electron chi connectivity index (χ2n) is 5.53. The summed E-state index contributed by atoms with van der Waals surface area (Å²) in [6.07, 6.45) is 4.90. The van der Waals surface area contributed by atoms with Gasteiger partial charge in [-0.15, -0.1) is 0 Å². The first-order chi connectivity index (χ1) is 10.4. The minimum atomic E-state index is -3.33. The Labute approximate surface area is 128 Å². The van der Waals surface area contributed by atoms with Gasteiger partial charge in [0.2, 0.25) is 0 Å². The molecule has 3 rings (SSSR count). The highest BCUT2D eigenvalue weighted by Crippen LogP contribution is 2.30. The molecule has 9 heteroatoms. The second-order valence-corrected chi connectivity index (χ2v) is 7.52. The number of aromatic nitrogens is 4. The highest BCUT2D eigenvalue weighted by atomic mass is 32.2. The van der Waals surface area contributed by atoms with E-state index in [1.165, 1.54) is 6.20 Å². The van der Waals surface area contributed by atoms with Gasteiger partial charge in [0, 0.05) is 38.5 Å². The van der Waals surface area contributed by atoms with Crippen LogP contribution in [0, 0.1) is 0 Å². The number of nitrogens with one attached hydrogen (secondary N) is 1. The van der Waals surface area contributed by atoms with Crippen molar-refractivity contribution in [2.75, 3.05) is 19.3 Å². The van der Waals surface area contributed by atoms with Crippen molar-refractivity contribution >= 4 is 15.7 Å². The van der Waals surface area contributed by atoms with E-state index >= 15 is 0 Å². The summed E-state index contributed by atoms with van der Waals surface area (Å²) in [6.45, 7) is 1.03. The zero-order valence-corrected chi connectivity index (χ0v) is 13.2. The zero-order chi connectivity index (χ0) is 15.9. The number of aryl methyl sites for hydroxylation is 1. The molecule has 22 heavy (non-hydrogen) atoms. The molecule has 0 bridgehead atoms. The van der Waals surface area contributed by atoms with Gasteiger partial charge in [0.1, 0.15) is 10.6 Å². The van der Waals surface area contributed by atoms with Crippen molar-refractivity contribution in [1.82, 2.24) is 24.9 Å². The van der Waals surface area contributed by atoms with Crippen LogP contribution in [0.3, 0.4) is 0 Å². The Morgan fingerprint density at radius 1 is 1.45 bits per heavy atom. The predicted octanol–water partition coefficient (Wildman–Crippen LogP) is 0.176. The lowest BCUT2D eigenvalue weighted by molar-refractivity contribution is 0.0784. The van der Waals surface area contributed by atoms with Gasteiger partial charge in [-0.2, -0.15) is 10.2 Å². The van der Waals surface area contributed by atoms with E-state index in [4.69, 9.17) is 0 Å². The summed E-state index contributed by atoms with van der Waals surface area (Å²) in [4.78, 5) is 14.3. The van der Waals surface area contributed by atoms with Gasteiger partial charge >= 0.3 is 0 Å². The van der Waals surface area contributed by atoms with Gasteiger partial charge in [-0.3, -0.25) is 14.6 Å². The smallest absolute Gasteiger partial charge is 0.274 e. The summed E-state index contributed by atoms with van der Waals surface area (Å²) in [5, 5.41) is 10.7. The lowest BCUT2D eigenvalue weighted by Gasteiger charge is -2.15. The quantitative estimate of drug-likeness (QED) is 0.868. The lowest BCUT2D eigenvalue weighted by atomic mass is 10.1. The molecule has 1 saturated heterocycles. The van der Waals surface area contributed by atoms with Crippen molar-refractivity contribution in [3.05, 3.63) is 29.8 Å². The summed E-state index contributed by atoms with van der Waals surface area (Å²) in [5.74, 6) is -0.191. The van der Waals surface area contributed by atoms with Crippen LogP contribution in [0.5, 0.6) is 0 Å². The van der Waals surface area contributed by atoms with Crippen LogP contribution in [-0.4, -0.2) is 58.5 Å². The first kappa shape index (κ1) is 14.8. The molecule has 2 aromatic heterocycles. The minimum Gasteiger partial charge on any atom is -0.337 e. The molecule has 0 saturated carbocycles. The number of H-pyrrole nitrogens is 1. The van der Waals surface area contributed by atoms with Crippen LogP contribution < -0.4 is 0 Å². The van der Waals surface area contributed by atoms with Gasteiger partial charge in [0.15, 0.2) is 9.84 Å². The summed E-state index contributed by atoms with van der Waals surface area (Å²) in [5.41, 5.74) is 0.981. The third kappa shape index (κ3) is 2.63. The van der Waals surface area contributed by atoms with Crippen molar-refractivity contribution in [2.45, 2.75) is 17.2 Å². The number of hydrogen-bond acceptors (Lipinski definition) is 5. The fraction of sp³-hybridized carbons (Fsp3) is 0.462. The molecular weight excluding hydrogens is 306 g/mol. The Hall–Kier alpha value is -2.16. The number of hydrogen-bond donors (Lipinski definition) is 1. The molecule has 2 aromatic rings. The normalized spacial score (nSPS) is 18.8. The summed E-state index contributed by atoms with van der Waals surface area (Å²) >= 11 is 0. The minimum absolute atomic E-state index is 0.0557. The van der Waals surface area contributed by atoms with E-state index in [1.807, 2.05) is 0 Å². The molecule has 8 nitrogen and oxygen atoms in total. The average Bonchev–Trinajstić information content (AvgIpc) is 3.16. The molecular formula is C13H17N5O3S. The molecule has 1 atom stereocenters. The average molecular weight is 323 g/mol. The molecule has 1 unspecified atom stereocenters. The Morgan fingerprint density at radius 3 is 2.86 bits per heavy atom. The molecule has 118 valence electrons. The van der Waals surface area contributed by atoms with E-state index in [-0.39, 0.29) is 16.7 Å². The fourth-order valence-electron chi connectivity index (χ4n) is 2.74. The van der Waals surface area contributed by atoms with Gasteiger partial charge < -0.3 is 4.90 Å². The largest absolute Gasteiger partial charge is 0.337 e. The van der Waals surface area contributed by atoms with E-state index in [0.717, 1.165) is 6.26 Å². The van der Waals surface area contributed by atoms with Crippen LogP contribution in [0.25, 0.3) is 0 Å². The van der Waals surface area contributed by atoms with E-state index in [1.54, 1.807) is 28.9 Å². The molecule has 1 fully saturated rings. The third-order valence-electron chi connectivity index (χ3n) is 3.85. The van der Waals surface area contributed by atoms with Crippen LogP contribution >= 0.6 is 0 Å². The summed E-state index contributed by atoms with van der Waals surface area (Å²) in [6, 6.07) is 1.67. The molecule has 0 aromatic carbocycles. The van der Waals surface area contributed by atoms with Crippen LogP contribution in [-0.2, 0) is 16.9 Å². The molecule has 1 amide bonds. The highest BCUT2D eigenvalue weighted by molar-refractivity contribution is 7.90. The Kier molecular flexibility index (Phi) is 3.51. The SMILES string of the molecule is Cn1ccc(C(=O)N2CCC(c3[nH]ncc3S(C)(=O)=O)C2)n1. The molecule has 0 radical (unpaired) electrons. The van der Waals surface area contributed by atoms with Gasteiger partial charge in [-0.25, -0.2) is 8.42 Å². The maximum absolute atomic E-state index is 12.4. The number of likely N-dealkylation sites (tertiary alicyclic amines) is 1. The molecule has 0 spiro atoms. The predicted molar refractivity (Wildman–Crippen MR) is 78.2 cm³/mol. The van der Waals surface area contributed by atoms with Crippen molar-refractivity contribution in [1.29, 1.82) is 0 Å². The standard InChI is InChI=1S/C13H17N5O3S/c1-17-5-4-10(16-17)13(19)18-6-3-9(8-18)12-11(7-14-15-12)22(2,20)21/h4-5,7,9H,3,6,8H2,1-2H3,(H,14,15). The van der Waals surface area contributed by atoms with E-state index in [9.17, 15) is 13.2 Å². The number of sulfone groups is 1. The molecule has 1 aliphatic rings. The lowest BCUT2D eigenvalue weighted by Crippen LogP contribution is -2.29. The number of rotatable bonds is 3. The Morgan fingerprint density at radius 2 is 2.23 bits per heavy atom. The topological polar surface area (TPSA) is 101 Å². The van der Waals surface area contributed by atoms with Gasteiger partial charge in [0.25, 0.3) is 5.91 Å². The number of nitrogens with zero attached hydrogens (tertiary/aromatic N) is 4. The summed E-state index contributed by atoms with van der Waals surface area (Å²) in [7, 11) is -1.57. The first-order valence-electron chi connectivity index (χ1n) is 6.88. The number of carbonyl (C=O) groups is 1. The summed E-state index contributed by atoms with van der Waals surface area (Å²) < 4.78 is 25.1. The highest BCUT2D eigenvalue weighted by Gasteiger charge is 2.32. The number of carbonyl (C=O) groups excluding carboxylic acids is 1. The molecule has 0 aliphatic carbocycles. The van der Waals surface area contributed by atoms with Crippen LogP contribution in [0.15, 0.2) is 23.4 Å². The third-order valence-corrected chi connectivity index (χ3v) is 4.97. The molecule has 1 aliphatic heterocycles. The van der Waals surface area contributed by atoms with Crippen molar-refractivity contribution < 1.29 is 13.2 Å². The maximum Gasteiger partial charge on any atom is 0.274 e. The van der Waals surface area contributed by atoms with Crippen LogP contribution in [0.1, 0.15) is 28.5 Å². The Bertz CT molecular complexity index is 807. The van der Waals surface area contributed by atoms with Crippen molar-refractivity contribution in [3.8, 4) is 0 Å². The number of amides is 1.